The van der Waals surface area contributed by atoms with Crippen LogP contribution in [0.1, 0.15) is 278 Å². The number of quaternary nitrogens is 1. The second kappa shape index (κ2) is 53.1. The third-order valence-corrected chi connectivity index (χ3v) is 14.4. The minimum absolute atomic E-state index is 0.0253. The Morgan fingerprint density at radius 2 is 0.849 bits per heavy atom. The first-order chi connectivity index (χ1) is 35.4. The Hall–Kier alpha value is -2.29. The molecule has 0 rings (SSSR count). The molecule has 3 unspecified atom stereocenters. The van der Waals surface area contributed by atoms with Crippen molar-refractivity contribution in [2.45, 2.75) is 290 Å². The van der Waals surface area contributed by atoms with Crippen molar-refractivity contribution in [3.63, 3.8) is 0 Å². The number of phosphoric ester groups is 1. The van der Waals surface area contributed by atoms with Crippen molar-refractivity contribution in [1.82, 2.24) is 5.32 Å². The predicted molar refractivity (Wildman–Crippen MR) is 312 cm³/mol. The van der Waals surface area contributed by atoms with Crippen LogP contribution < -0.4 is 10.2 Å². The molecule has 73 heavy (non-hydrogen) atoms. The molecule has 0 aliphatic heterocycles. The number of esters is 1. The maximum atomic E-state index is 13.5. The number of likely N-dealkylation sites (N-methyl/N-ethyl adjacent to an activating group) is 1. The van der Waals surface area contributed by atoms with Gasteiger partial charge in [-0.15, -0.1) is 0 Å². The molecule has 1 N–H and O–H groups in total. The van der Waals surface area contributed by atoms with Gasteiger partial charge in [0.05, 0.1) is 33.8 Å². The Morgan fingerprint density at radius 3 is 1.33 bits per heavy atom. The highest BCUT2D eigenvalue weighted by Crippen LogP contribution is 2.38. The van der Waals surface area contributed by atoms with E-state index in [9.17, 15) is 19.0 Å². The number of hydrogen-bond acceptors (Lipinski definition) is 7. The molecule has 426 valence electrons. The largest absolute Gasteiger partial charge is 0.756 e. The van der Waals surface area contributed by atoms with E-state index in [1.54, 1.807) is 0 Å². The minimum atomic E-state index is -4.70. The fourth-order valence-electron chi connectivity index (χ4n) is 8.63. The monoisotopic (exact) mass is 1040 g/mol. The number of amides is 1. The summed E-state index contributed by atoms with van der Waals surface area (Å²) in [6, 6.07) is -0.893. The van der Waals surface area contributed by atoms with E-state index >= 15 is 0 Å². The maximum absolute atomic E-state index is 13.5. The van der Waals surface area contributed by atoms with Crippen LogP contribution >= 0.6 is 7.82 Å². The fraction of sp³-hybridized carbons (Fsp3) is 0.810. The first-order valence-electron chi connectivity index (χ1n) is 30.6. The summed E-state index contributed by atoms with van der Waals surface area (Å²) in [6.07, 6.45) is 66.1. The summed E-state index contributed by atoms with van der Waals surface area (Å²) in [5.74, 6) is -0.553. The van der Waals surface area contributed by atoms with E-state index in [1.807, 2.05) is 33.3 Å². The molecule has 9 nitrogen and oxygen atoms in total. The van der Waals surface area contributed by atoms with Crippen LogP contribution in [0, 0.1) is 0 Å². The molecule has 0 saturated heterocycles. The summed E-state index contributed by atoms with van der Waals surface area (Å²) in [4.78, 5) is 39.9. The number of allylic oxidation sites excluding steroid dienone is 9. The van der Waals surface area contributed by atoms with Crippen LogP contribution in [-0.4, -0.2) is 69.4 Å². The van der Waals surface area contributed by atoms with Crippen LogP contribution in [0.2, 0.25) is 0 Å². The molecule has 0 aliphatic carbocycles. The zero-order valence-electron chi connectivity index (χ0n) is 48.6. The summed E-state index contributed by atoms with van der Waals surface area (Å²) < 4.78 is 30.3. The highest BCUT2D eigenvalue weighted by atomic mass is 31.2. The molecule has 0 aromatic heterocycles. The number of phosphoric acid groups is 1. The van der Waals surface area contributed by atoms with Gasteiger partial charge < -0.3 is 28.5 Å². The lowest BCUT2D eigenvalue weighted by Gasteiger charge is -2.30. The van der Waals surface area contributed by atoms with Crippen molar-refractivity contribution in [2.75, 3.05) is 40.9 Å². The molecule has 0 saturated carbocycles. The lowest BCUT2D eigenvalue weighted by Crippen LogP contribution is -2.47. The van der Waals surface area contributed by atoms with Gasteiger partial charge in [-0.2, -0.15) is 0 Å². The SMILES string of the molecule is CCCC/C=C\CCCCCCCC(=O)NC(COP(=O)([O-])OCC[N+](C)(C)C)C(/C=C\CCCCCCCCCCCCC)OC(=O)CCCCCCCCCCCC/C=C\C/C=C\C/C=C\CCCCC. The van der Waals surface area contributed by atoms with E-state index in [2.05, 4.69) is 74.7 Å². The van der Waals surface area contributed by atoms with Gasteiger partial charge in [0.25, 0.3) is 7.82 Å². The van der Waals surface area contributed by atoms with Gasteiger partial charge in [0, 0.05) is 12.8 Å². The zero-order chi connectivity index (χ0) is 53.6. The normalized spacial score (nSPS) is 14.1. The number of unbranched alkanes of at least 4 members (excludes halogenated alkanes) is 31. The topological polar surface area (TPSA) is 114 Å². The number of rotatable bonds is 55. The molecule has 0 aromatic carbocycles. The predicted octanol–water partition coefficient (Wildman–Crippen LogP) is 18.0. The third-order valence-electron chi connectivity index (χ3n) is 13.4. The van der Waals surface area contributed by atoms with E-state index in [-0.39, 0.29) is 24.9 Å². The molecule has 0 fully saturated rings. The van der Waals surface area contributed by atoms with E-state index in [4.69, 9.17) is 13.8 Å². The van der Waals surface area contributed by atoms with Gasteiger partial charge in [-0.3, -0.25) is 14.2 Å². The van der Waals surface area contributed by atoms with Crippen molar-refractivity contribution in [3.05, 3.63) is 60.8 Å². The minimum Gasteiger partial charge on any atom is -0.756 e. The highest BCUT2D eigenvalue weighted by Gasteiger charge is 2.27. The first kappa shape index (κ1) is 70.7. The second-order valence-electron chi connectivity index (χ2n) is 21.8. The average Bonchev–Trinajstić information content (AvgIpc) is 3.35. The van der Waals surface area contributed by atoms with E-state index < -0.39 is 26.6 Å². The Balaban J connectivity index is 5.18. The molecule has 1 amide bonds. The van der Waals surface area contributed by atoms with Gasteiger partial charge >= 0.3 is 5.97 Å². The van der Waals surface area contributed by atoms with Crippen LogP contribution in [0.5, 0.6) is 0 Å². The summed E-state index contributed by atoms with van der Waals surface area (Å²) >= 11 is 0. The lowest BCUT2D eigenvalue weighted by atomic mass is 10.0. The van der Waals surface area contributed by atoms with Gasteiger partial charge in [-0.1, -0.05) is 236 Å². The molecular formula is C63H117N2O7P. The van der Waals surface area contributed by atoms with Crippen LogP contribution in [0.15, 0.2) is 60.8 Å². The Kier molecular flexibility index (Phi) is 51.5. The Morgan fingerprint density at radius 1 is 0.479 bits per heavy atom. The third kappa shape index (κ3) is 54.3. The lowest BCUT2D eigenvalue weighted by molar-refractivity contribution is -0.870. The van der Waals surface area contributed by atoms with Gasteiger partial charge in [0.1, 0.15) is 19.3 Å². The standard InChI is InChI=1S/C63H117N2O7P/c1-7-10-13-16-19-22-25-27-28-29-30-31-32-33-34-35-36-38-41-44-47-50-53-56-63(67)72-61(54-51-48-45-42-40-37-26-23-20-17-14-11-8-2)60(59-71-73(68,69)70-58-57-65(4,5)6)64-62(66)55-52-49-46-43-39-24-21-18-15-12-9-3/h18-19,21-22,27-28,30-31,51,54,60-61H,7-17,20,23-26,29,32-50,52-53,55-59H2,1-6H3,(H-,64,66,68,69)/b21-18-,22-19-,28-27-,31-30-,54-51-. The summed E-state index contributed by atoms with van der Waals surface area (Å²) in [6.45, 7) is 6.78. The number of nitrogens with zero attached hydrogens (tertiary/aromatic N) is 1. The van der Waals surface area contributed by atoms with Crippen molar-refractivity contribution in [3.8, 4) is 0 Å². The van der Waals surface area contributed by atoms with Crippen LogP contribution in [-0.2, 0) is 27.9 Å². The van der Waals surface area contributed by atoms with Crippen molar-refractivity contribution in [2.24, 2.45) is 0 Å². The van der Waals surface area contributed by atoms with Gasteiger partial charge in [-0.25, -0.2) is 0 Å². The van der Waals surface area contributed by atoms with Crippen LogP contribution in [0.4, 0.5) is 0 Å². The molecule has 0 aromatic rings. The average molecular weight is 1050 g/mol. The number of hydrogen-bond donors (Lipinski definition) is 1. The second-order valence-corrected chi connectivity index (χ2v) is 23.3. The van der Waals surface area contributed by atoms with Crippen molar-refractivity contribution in [1.29, 1.82) is 0 Å². The Bertz CT molecular complexity index is 1440. The van der Waals surface area contributed by atoms with Gasteiger partial charge in [-0.05, 0) is 89.5 Å². The fourth-order valence-corrected chi connectivity index (χ4v) is 9.35. The molecule has 0 bridgehead atoms. The van der Waals surface area contributed by atoms with Crippen LogP contribution in [0.25, 0.3) is 0 Å². The van der Waals surface area contributed by atoms with Crippen molar-refractivity contribution < 1.29 is 37.3 Å². The number of ether oxygens (including phenoxy) is 1. The smallest absolute Gasteiger partial charge is 0.306 e. The summed E-state index contributed by atoms with van der Waals surface area (Å²) in [5, 5.41) is 3.01. The summed E-state index contributed by atoms with van der Waals surface area (Å²) in [7, 11) is 1.18. The number of carbonyl (C=O) groups is 2. The number of carbonyl (C=O) groups excluding carboxylic acids is 2. The van der Waals surface area contributed by atoms with Crippen molar-refractivity contribution >= 4 is 19.7 Å². The first-order valence-corrected chi connectivity index (χ1v) is 32.1. The van der Waals surface area contributed by atoms with E-state index in [1.165, 1.54) is 148 Å². The highest BCUT2D eigenvalue weighted by molar-refractivity contribution is 7.45. The molecule has 3 atom stereocenters. The van der Waals surface area contributed by atoms with Gasteiger partial charge in [0.15, 0.2) is 0 Å². The Labute approximate surface area is 451 Å². The number of nitrogens with one attached hydrogen (secondary N) is 1. The van der Waals surface area contributed by atoms with E-state index in [0.717, 1.165) is 96.3 Å². The van der Waals surface area contributed by atoms with E-state index in [0.29, 0.717) is 17.4 Å². The molecular weight excluding hydrogens is 928 g/mol. The quantitative estimate of drug-likeness (QED) is 0.0212. The summed E-state index contributed by atoms with van der Waals surface area (Å²) in [5.41, 5.74) is 0. The molecule has 0 spiro atoms. The van der Waals surface area contributed by atoms with Crippen LogP contribution in [0.3, 0.4) is 0 Å². The van der Waals surface area contributed by atoms with Gasteiger partial charge in [0.2, 0.25) is 5.91 Å². The molecule has 10 heteroatoms. The molecule has 0 aliphatic rings. The maximum Gasteiger partial charge on any atom is 0.306 e. The zero-order valence-corrected chi connectivity index (χ0v) is 49.5. The molecule has 0 radical (unpaired) electrons. The molecule has 0 heterocycles.